The number of hydrogen-bond acceptors (Lipinski definition) is 4. The van der Waals surface area contributed by atoms with Gasteiger partial charge in [0.1, 0.15) is 5.75 Å². The monoisotopic (exact) mass is 313 g/mol. The maximum Gasteiger partial charge on any atom is 0.260 e. The first-order valence-electron chi connectivity index (χ1n) is 7.71. The van der Waals surface area contributed by atoms with Crippen LogP contribution in [0.15, 0.2) is 30.6 Å². The van der Waals surface area contributed by atoms with Crippen LogP contribution >= 0.6 is 0 Å². The van der Waals surface area contributed by atoms with Gasteiger partial charge in [0.15, 0.2) is 6.61 Å². The summed E-state index contributed by atoms with van der Waals surface area (Å²) in [6, 6.07) is 8.59. The zero-order chi connectivity index (χ0) is 16.2. The predicted molar refractivity (Wildman–Crippen MR) is 87.1 cm³/mol. The van der Waals surface area contributed by atoms with Crippen molar-refractivity contribution in [2.45, 2.75) is 0 Å². The van der Waals surface area contributed by atoms with Crippen molar-refractivity contribution in [1.29, 1.82) is 0 Å². The summed E-state index contributed by atoms with van der Waals surface area (Å²) in [5.41, 5.74) is 1.97. The maximum absolute atomic E-state index is 12.2. The van der Waals surface area contributed by atoms with E-state index >= 15 is 0 Å². The fourth-order valence-electron chi connectivity index (χ4n) is 2.56. The van der Waals surface area contributed by atoms with E-state index in [0.29, 0.717) is 5.75 Å². The fraction of sp³-hybridized carbons (Fsp3) is 0.412. The summed E-state index contributed by atoms with van der Waals surface area (Å²) in [6.07, 6.45) is 3.73. The third kappa shape index (κ3) is 3.90. The maximum atomic E-state index is 12.2. The second-order valence-corrected chi connectivity index (χ2v) is 5.83. The van der Waals surface area contributed by atoms with Crippen molar-refractivity contribution in [2.75, 3.05) is 39.8 Å². The first kappa shape index (κ1) is 15.6. The number of aromatic nitrogens is 2. The zero-order valence-corrected chi connectivity index (χ0v) is 13.5. The highest BCUT2D eigenvalue weighted by molar-refractivity contribution is 5.78. The molecule has 0 saturated carbocycles. The molecule has 1 aromatic heterocycles. The average Bonchev–Trinajstić information content (AvgIpc) is 3.00. The molecule has 3 rings (SSSR count). The number of likely N-dealkylation sites (N-methyl/N-ethyl adjacent to an activating group) is 1. The molecule has 0 aliphatic carbocycles. The van der Waals surface area contributed by atoms with Gasteiger partial charge in [-0.25, -0.2) is 0 Å². The lowest BCUT2D eigenvalue weighted by Crippen LogP contribution is -2.48. The molecule has 23 heavy (non-hydrogen) atoms. The Morgan fingerprint density at radius 2 is 2.00 bits per heavy atom. The van der Waals surface area contributed by atoms with E-state index in [1.165, 1.54) is 0 Å². The molecule has 0 N–H and O–H groups in total. The number of rotatable bonds is 4. The van der Waals surface area contributed by atoms with Crippen LogP contribution in [0.1, 0.15) is 0 Å². The van der Waals surface area contributed by atoms with E-state index in [0.717, 1.165) is 37.3 Å². The number of benzene rings is 1. The van der Waals surface area contributed by atoms with Crippen molar-refractivity contribution in [3.63, 3.8) is 0 Å². The molecule has 1 radical (unpaired) electrons. The van der Waals surface area contributed by atoms with Gasteiger partial charge in [-0.2, -0.15) is 5.10 Å². The molecular formula is C17H21N4O2. The quantitative estimate of drug-likeness (QED) is 0.846. The van der Waals surface area contributed by atoms with Gasteiger partial charge in [0.05, 0.1) is 6.20 Å². The third-order valence-corrected chi connectivity index (χ3v) is 4.02. The van der Waals surface area contributed by atoms with Gasteiger partial charge in [0.2, 0.25) is 0 Å². The Hall–Kier alpha value is -2.34. The van der Waals surface area contributed by atoms with Gasteiger partial charge in [-0.15, -0.1) is 0 Å². The second-order valence-electron chi connectivity index (χ2n) is 5.83. The number of ether oxygens (including phenoxy) is 1. The van der Waals surface area contributed by atoms with Crippen molar-refractivity contribution >= 4 is 5.91 Å². The molecule has 0 unspecified atom stereocenters. The molecule has 0 bridgehead atoms. The number of amides is 1. The van der Waals surface area contributed by atoms with Crippen LogP contribution in [-0.4, -0.2) is 65.3 Å². The first-order chi connectivity index (χ1) is 11.1. The van der Waals surface area contributed by atoms with Crippen LogP contribution in [0.25, 0.3) is 11.1 Å². The Morgan fingerprint density at radius 3 is 2.70 bits per heavy atom. The predicted octanol–water partition coefficient (Wildman–Crippen LogP) is 1.04. The van der Waals surface area contributed by atoms with E-state index in [2.05, 4.69) is 23.1 Å². The minimum atomic E-state index is 0.0323. The second kappa shape index (κ2) is 6.83. The molecule has 2 aromatic rings. The van der Waals surface area contributed by atoms with E-state index in [1.807, 2.05) is 30.3 Å². The number of nitrogens with zero attached hydrogens (tertiary/aromatic N) is 4. The summed E-state index contributed by atoms with van der Waals surface area (Å²) < 4.78 is 7.40. The van der Waals surface area contributed by atoms with Gasteiger partial charge in [-0.05, 0) is 36.9 Å². The molecule has 1 aliphatic heterocycles. The molecule has 1 saturated heterocycles. The number of piperazine rings is 1. The topological polar surface area (TPSA) is 50.6 Å². The third-order valence-electron chi connectivity index (χ3n) is 4.02. The van der Waals surface area contributed by atoms with Crippen molar-refractivity contribution in [1.82, 2.24) is 19.6 Å². The molecule has 1 aromatic carbocycles. The number of carbonyl (C=O) groups is 1. The fourth-order valence-corrected chi connectivity index (χ4v) is 2.56. The molecular weight excluding hydrogens is 292 g/mol. The lowest BCUT2D eigenvalue weighted by atomic mass is 10.1. The normalized spacial score (nSPS) is 15.7. The van der Waals surface area contributed by atoms with Gasteiger partial charge in [-0.1, -0.05) is 0 Å². The van der Waals surface area contributed by atoms with Crippen LogP contribution in [0.4, 0.5) is 0 Å². The summed E-state index contributed by atoms with van der Waals surface area (Å²) in [7, 11) is 3.94. The standard InChI is InChI=1S/C17H21N4O2/c1-19-6-8-21(9-7-19)17(22)13-23-16-5-3-4-14(10-16)15-11-18-20(2)12-15/h4-5,10-12H,6-9,13H2,1-2H3. The summed E-state index contributed by atoms with van der Waals surface area (Å²) >= 11 is 0. The molecule has 6 nitrogen and oxygen atoms in total. The molecule has 0 atom stereocenters. The minimum absolute atomic E-state index is 0.0323. The smallest absolute Gasteiger partial charge is 0.260 e. The summed E-state index contributed by atoms with van der Waals surface area (Å²) in [5, 5.41) is 4.16. The van der Waals surface area contributed by atoms with Crippen LogP contribution in [0.2, 0.25) is 0 Å². The van der Waals surface area contributed by atoms with Gasteiger partial charge in [0, 0.05) is 45.0 Å². The number of hydrogen-bond donors (Lipinski definition) is 0. The van der Waals surface area contributed by atoms with Crippen molar-refractivity contribution in [3.05, 3.63) is 36.7 Å². The highest BCUT2D eigenvalue weighted by Crippen LogP contribution is 2.23. The first-order valence-corrected chi connectivity index (χ1v) is 7.71. The van der Waals surface area contributed by atoms with Gasteiger partial charge >= 0.3 is 0 Å². The SMILES string of the molecule is CN1CCN(C(=O)COc2c[c]cc(-c3cnn(C)c3)c2)CC1. The molecule has 0 spiro atoms. The van der Waals surface area contributed by atoms with Crippen molar-refractivity contribution in [2.24, 2.45) is 7.05 Å². The Bertz CT molecular complexity index is 675. The Kier molecular flexibility index (Phi) is 4.62. The van der Waals surface area contributed by atoms with Crippen molar-refractivity contribution < 1.29 is 9.53 Å². The highest BCUT2D eigenvalue weighted by Gasteiger charge is 2.19. The summed E-state index contributed by atoms with van der Waals surface area (Å²) in [5.74, 6) is 0.679. The Labute approximate surface area is 136 Å². The Morgan fingerprint density at radius 1 is 1.22 bits per heavy atom. The number of carbonyl (C=O) groups excluding carboxylic acids is 1. The van der Waals surface area contributed by atoms with E-state index < -0.39 is 0 Å². The van der Waals surface area contributed by atoms with E-state index in [-0.39, 0.29) is 12.5 Å². The van der Waals surface area contributed by atoms with Crippen LogP contribution in [0.3, 0.4) is 0 Å². The van der Waals surface area contributed by atoms with Crippen LogP contribution in [0.5, 0.6) is 5.75 Å². The lowest BCUT2D eigenvalue weighted by Gasteiger charge is -2.32. The molecule has 6 heteroatoms. The minimum Gasteiger partial charge on any atom is -0.484 e. The van der Waals surface area contributed by atoms with Gasteiger partial charge < -0.3 is 14.5 Å². The molecule has 1 fully saturated rings. The molecule has 1 aliphatic rings. The lowest BCUT2D eigenvalue weighted by molar-refractivity contribution is -0.134. The van der Waals surface area contributed by atoms with E-state index in [1.54, 1.807) is 16.9 Å². The zero-order valence-electron chi connectivity index (χ0n) is 13.5. The summed E-state index contributed by atoms with van der Waals surface area (Å²) in [6.45, 7) is 3.42. The van der Waals surface area contributed by atoms with E-state index in [9.17, 15) is 4.79 Å². The highest BCUT2D eigenvalue weighted by atomic mass is 16.5. The average molecular weight is 313 g/mol. The molecule has 2 heterocycles. The van der Waals surface area contributed by atoms with Crippen LogP contribution < -0.4 is 4.74 Å². The van der Waals surface area contributed by atoms with Crippen LogP contribution in [0, 0.1) is 6.07 Å². The van der Waals surface area contributed by atoms with Gasteiger partial charge in [0.25, 0.3) is 5.91 Å². The largest absolute Gasteiger partial charge is 0.484 e. The molecule has 121 valence electrons. The Balaban J connectivity index is 1.59. The van der Waals surface area contributed by atoms with E-state index in [4.69, 9.17) is 4.74 Å². The van der Waals surface area contributed by atoms with Crippen LogP contribution in [-0.2, 0) is 11.8 Å². The summed E-state index contributed by atoms with van der Waals surface area (Å²) in [4.78, 5) is 16.3. The number of aryl methyl sites for hydroxylation is 1. The van der Waals surface area contributed by atoms with Crippen molar-refractivity contribution in [3.8, 4) is 16.9 Å². The van der Waals surface area contributed by atoms with Gasteiger partial charge in [-0.3, -0.25) is 9.48 Å². The molecule has 1 amide bonds.